The first-order chi connectivity index (χ1) is 14.5. The van der Waals surface area contributed by atoms with Crippen LogP contribution in [0.25, 0.3) is 0 Å². The van der Waals surface area contributed by atoms with E-state index in [0.717, 1.165) is 24.8 Å². The largest absolute Gasteiger partial charge is 0.432 e. The van der Waals surface area contributed by atoms with Crippen molar-refractivity contribution in [1.29, 1.82) is 0 Å². The van der Waals surface area contributed by atoms with Gasteiger partial charge in [-0.05, 0) is 70.9 Å². The number of carbonyl (C=O) groups is 1. The topological polar surface area (TPSA) is 54.0 Å². The fourth-order valence-corrected chi connectivity index (χ4v) is 5.30. The Kier molecular flexibility index (Phi) is 6.99. The average molecular weight is 431 g/mol. The van der Waals surface area contributed by atoms with Crippen LogP contribution in [0.15, 0.2) is 47.3 Å². The quantitative estimate of drug-likeness (QED) is 0.227. The zero-order valence-corrected chi connectivity index (χ0v) is 20.1. The lowest BCUT2D eigenvalue weighted by molar-refractivity contribution is -0.236. The van der Waals surface area contributed by atoms with Crippen molar-refractivity contribution in [3.63, 3.8) is 0 Å². The summed E-state index contributed by atoms with van der Waals surface area (Å²) in [6, 6.07) is 0. The van der Waals surface area contributed by atoms with Gasteiger partial charge in [0.2, 0.25) is 0 Å². The second-order valence-corrected chi connectivity index (χ2v) is 10.1. The molecule has 2 aliphatic heterocycles. The lowest BCUT2D eigenvalue weighted by Crippen LogP contribution is -2.53. The average Bonchev–Trinajstić information content (AvgIpc) is 3.14. The van der Waals surface area contributed by atoms with Crippen LogP contribution in [-0.4, -0.2) is 37.2 Å². The SMILES string of the molecule is CO[C@@]1(C)C[C@@H]2OCC3=CCC(C)(CCC=C(C)C)[C@@H](/C=C/OC(=O)C=C(C)C)[C@]32O1. The molecule has 0 radical (unpaired) electrons. The van der Waals surface area contributed by atoms with Gasteiger partial charge in [0.05, 0.1) is 19.0 Å². The van der Waals surface area contributed by atoms with Crippen molar-refractivity contribution >= 4 is 5.97 Å². The maximum absolute atomic E-state index is 12.1. The Morgan fingerprint density at radius 2 is 1.97 bits per heavy atom. The predicted octanol–water partition coefficient (Wildman–Crippen LogP) is 5.63. The number of esters is 1. The van der Waals surface area contributed by atoms with E-state index in [0.29, 0.717) is 13.0 Å². The van der Waals surface area contributed by atoms with Crippen LogP contribution in [-0.2, 0) is 23.7 Å². The molecule has 31 heavy (non-hydrogen) atoms. The molecule has 0 aromatic heterocycles. The van der Waals surface area contributed by atoms with E-state index in [1.165, 1.54) is 17.2 Å². The van der Waals surface area contributed by atoms with Crippen LogP contribution >= 0.6 is 0 Å². The number of rotatable bonds is 7. The van der Waals surface area contributed by atoms with Crippen molar-refractivity contribution in [2.45, 2.75) is 84.7 Å². The van der Waals surface area contributed by atoms with Crippen LogP contribution < -0.4 is 0 Å². The zero-order chi connectivity index (χ0) is 22.9. The summed E-state index contributed by atoms with van der Waals surface area (Å²) in [4.78, 5) is 12.1. The molecule has 5 atom stereocenters. The first-order valence-corrected chi connectivity index (χ1v) is 11.3. The molecule has 5 nitrogen and oxygen atoms in total. The van der Waals surface area contributed by atoms with Gasteiger partial charge in [0.1, 0.15) is 5.60 Å². The third-order valence-corrected chi connectivity index (χ3v) is 6.95. The number of allylic oxidation sites excluding steroid dienone is 4. The molecule has 0 amide bonds. The Morgan fingerprint density at radius 3 is 2.61 bits per heavy atom. The van der Waals surface area contributed by atoms with Gasteiger partial charge in [-0.1, -0.05) is 30.2 Å². The Hall–Kier alpha value is -1.69. The normalized spacial score (nSPS) is 36.5. The van der Waals surface area contributed by atoms with Gasteiger partial charge in [-0.2, -0.15) is 0 Å². The van der Waals surface area contributed by atoms with Gasteiger partial charge in [-0.25, -0.2) is 4.79 Å². The van der Waals surface area contributed by atoms with Gasteiger partial charge in [0, 0.05) is 25.5 Å². The van der Waals surface area contributed by atoms with Gasteiger partial charge in [-0.3, -0.25) is 0 Å². The van der Waals surface area contributed by atoms with Crippen LogP contribution in [0.4, 0.5) is 0 Å². The summed E-state index contributed by atoms with van der Waals surface area (Å²) in [5.41, 5.74) is 2.75. The summed E-state index contributed by atoms with van der Waals surface area (Å²) in [6.45, 7) is 12.9. The second kappa shape index (κ2) is 9.05. The summed E-state index contributed by atoms with van der Waals surface area (Å²) < 4.78 is 24.1. The van der Waals surface area contributed by atoms with Gasteiger partial charge < -0.3 is 18.9 Å². The molecular formula is C26H38O5. The van der Waals surface area contributed by atoms with Crippen molar-refractivity contribution in [1.82, 2.24) is 0 Å². The maximum atomic E-state index is 12.1. The van der Waals surface area contributed by atoms with E-state index in [2.05, 4.69) is 32.9 Å². The summed E-state index contributed by atoms with van der Waals surface area (Å²) in [6.07, 6.45) is 13.2. The predicted molar refractivity (Wildman–Crippen MR) is 121 cm³/mol. The Morgan fingerprint density at radius 1 is 1.23 bits per heavy atom. The Bertz CT molecular complexity index is 814. The molecule has 2 heterocycles. The molecule has 1 aliphatic carbocycles. The maximum Gasteiger partial charge on any atom is 0.335 e. The van der Waals surface area contributed by atoms with Crippen molar-refractivity contribution < 1.29 is 23.7 Å². The van der Waals surface area contributed by atoms with Crippen LogP contribution in [0.5, 0.6) is 0 Å². The number of methoxy groups -OCH3 is 1. The standard InChI is InChI=1S/C26H38O5/c1-18(2)9-8-12-24(5)13-10-20-17-30-22-16-25(6,28-7)31-26(20,22)21(24)11-14-29-23(27)15-19(3)4/h9-11,14-15,21-22H,8,12-13,16-17H2,1-7H3/b14-11+/t21-,22+,24?,25-,26-/m1/s1. The van der Waals surface area contributed by atoms with E-state index in [4.69, 9.17) is 18.9 Å². The second-order valence-electron chi connectivity index (χ2n) is 10.1. The summed E-state index contributed by atoms with van der Waals surface area (Å²) >= 11 is 0. The van der Waals surface area contributed by atoms with Gasteiger partial charge in [-0.15, -0.1) is 0 Å². The molecule has 5 heteroatoms. The summed E-state index contributed by atoms with van der Waals surface area (Å²) in [5.74, 6) is -1.07. The van der Waals surface area contributed by atoms with E-state index in [1.807, 2.05) is 26.8 Å². The third kappa shape index (κ3) is 4.74. The zero-order valence-electron chi connectivity index (χ0n) is 20.1. The third-order valence-electron chi connectivity index (χ3n) is 6.95. The highest BCUT2D eigenvalue weighted by Crippen LogP contribution is 2.61. The van der Waals surface area contributed by atoms with Crippen molar-refractivity contribution in [3.8, 4) is 0 Å². The highest BCUT2D eigenvalue weighted by Gasteiger charge is 2.67. The monoisotopic (exact) mass is 430 g/mol. The van der Waals surface area contributed by atoms with Crippen LogP contribution in [0, 0.1) is 11.3 Å². The molecule has 3 rings (SSSR count). The van der Waals surface area contributed by atoms with Gasteiger partial charge in [0.25, 0.3) is 0 Å². The highest BCUT2D eigenvalue weighted by molar-refractivity contribution is 5.83. The number of ether oxygens (including phenoxy) is 4. The molecule has 2 fully saturated rings. The number of carbonyl (C=O) groups excluding carboxylic acids is 1. The Balaban J connectivity index is 1.97. The summed E-state index contributed by atoms with van der Waals surface area (Å²) in [7, 11) is 1.68. The van der Waals surface area contributed by atoms with Crippen LogP contribution in [0.2, 0.25) is 0 Å². The molecule has 0 N–H and O–H groups in total. The first kappa shape index (κ1) is 24.0. The molecule has 3 aliphatic rings. The van der Waals surface area contributed by atoms with Gasteiger partial charge >= 0.3 is 5.97 Å². The lowest BCUT2D eigenvalue weighted by Gasteiger charge is -2.49. The minimum atomic E-state index is -0.701. The van der Waals surface area contributed by atoms with E-state index in [-0.39, 0.29) is 23.4 Å². The Labute approximate surface area is 187 Å². The molecule has 172 valence electrons. The number of hydrogen-bond donors (Lipinski definition) is 0. The van der Waals surface area contributed by atoms with Crippen LogP contribution in [0.1, 0.15) is 67.2 Å². The number of hydrogen-bond acceptors (Lipinski definition) is 5. The fourth-order valence-electron chi connectivity index (χ4n) is 5.30. The molecule has 0 saturated carbocycles. The van der Waals surface area contributed by atoms with E-state index >= 15 is 0 Å². The van der Waals surface area contributed by atoms with Crippen molar-refractivity contribution in [2.24, 2.45) is 11.3 Å². The molecular weight excluding hydrogens is 392 g/mol. The molecule has 0 bridgehead atoms. The molecule has 1 spiro atoms. The van der Waals surface area contributed by atoms with Crippen LogP contribution in [0.3, 0.4) is 0 Å². The minimum Gasteiger partial charge on any atom is -0.432 e. The minimum absolute atomic E-state index is 0.00506. The molecule has 2 saturated heterocycles. The fraction of sp³-hybridized carbons (Fsp3) is 0.654. The van der Waals surface area contributed by atoms with E-state index in [9.17, 15) is 4.79 Å². The molecule has 0 aromatic carbocycles. The molecule has 1 unspecified atom stereocenters. The summed E-state index contributed by atoms with van der Waals surface area (Å²) in [5, 5.41) is 0. The van der Waals surface area contributed by atoms with Crippen molar-refractivity contribution in [2.75, 3.05) is 13.7 Å². The lowest BCUT2D eigenvalue weighted by atomic mass is 9.58. The van der Waals surface area contributed by atoms with E-state index < -0.39 is 11.4 Å². The first-order valence-electron chi connectivity index (χ1n) is 11.3. The van der Waals surface area contributed by atoms with Gasteiger partial charge in [0.15, 0.2) is 5.79 Å². The van der Waals surface area contributed by atoms with E-state index in [1.54, 1.807) is 13.4 Å². The smallest absolute Gasteiger partial charge is 0.335 e. The van der Waals surface area contributed by atoms with Crippen molar-refractivity contribution in [3.05, 3.63) is 47.3 Å². The highest BCUT2D eigenvalue weighted by atomic mass is 16.7. The molecule has 0 aromatic rings.